The number of fused-ring (bicyclic) bond motifs is 1. The molecule has 0 aromatic heterocycles. The molecular weight excluding hydrogens is 380 g/mol. The lowest BCUT2D eigenvalue weighted by Gasteiger charge is -2.36. The van der Waals surface area contributed by atoms with Crippen LogP contribution in [0, 0.1) is 26.7 Å². The number of carbonyl (C=O) groups excluding carboxylic acids is 2. The van der Waals surface area contributed by atoms with Gasteiger partial charge >= 0.3 is 5.97 Å². The molecule has 3 atom stereocenters. The van der Waals surface area contributed by atoms with Crippen LogP contribution in [0.5, 0.6) is 5.75 Å². The molecule has 30 heavy (non-hydrogen) atoms. The summed E-state index contributed by atoms with van der Waals surface area (Å²) in [5, 5.41) is 0. The molecule has 0 bridgehead atoms. The number of ether oxygens (including phenoxy) is 3. The summed E-state index contributed by atoms with van der Waals surface area (Å²) < 4.78 is 17.4. The minimum Gasteiger partial charge on any atom is -0.493 e. The molecule has 0 saturated heterocycles. The maximum atomic E-state index is 13.0. The minimum atomic E-state index is -0.338. The van der Waals surface area contributed by atoms with E-state index in [9.17, 15) is 9.59 Å². The minimum absolute atomic E-state index is 0.0459. The van der Waals surface area contributed by atoms with Gasteiger partial charge in [0, 0.05) is 6.42 Å². The number of allylic oxidation sites excluding steroid dienone is 1. The molecule has 1 heterocycles. The third-order valence-electron chi connectivity index (χ3n) is 5.80. The second-order valence-corrected chi connectivity index (χ2v) is 8.20. The van der Waals surface area contributed by atoms with Crippen molar-refractivity contribution in [1.82, 2.24) is 0 Å². The Kier molecular flexibility index (Phi) is 5.62. The van der Waals surface area contributed by atoms with Crippen molar-refractivity contribution >= 4 is 11.8 Å². The molecular formula is C25H26O5. The molecule has 1 aliphatic carbocycles. The van der Waals surface area contributed by atoms with Gasteiger partial charge in [-0.3, -0.25) is 4.79 Å². The summed E-state index contributed by atoms with van der Waals surface area (Å²) in [6.45, 7) is 5.90. The molecule has 156 valence electrons. The molecule has 2 aromatic rings. The van der Waals surface area contributed by atoms with E-state index in [-0.39, 0.29) is 35.6 Å². The van der Waals surface area contributed by atoms with Gasteiger partial charge in [-0.05, 0) is 62.9 Å². The molecule has 1 aliphatic heterocycles. The Balaban J connectivity index is 1.40. The van der Waals surface area contributed by atoms with Crippen LogP contribution in [-0.2, 0) is 14.3 Å². The summed E-state index contributed by atoms with van der Waals surface area (Å²) in [5.41, 5.74) is 3.65. The van der Waals surface area contributed by atoms with Crippen molar-refractivity contribution in [2.24, 2.45) is 5.92 Å². The maximum absolute atomic E-state index is 13.0. The molecule has 0 radical (unpaired) electrons. The lowest BCUT2D eigenvalue weighted by atomic mass is 9.80. The highest BCUT2D eigenvalue weighted by Gasteiger charge is 2.42. The van der Waals surface area contributed by atoms with Crippen molar-refractivity contribution in [3.63, 3.8) is 0 Å². The smallest absolute Gasteiger partial charge is 0.338 e. The Hall–Kier alpha value is -3.08. The first-order chi connectivity index (χ1) is 14.4. The third-order valence-corrected chi connectivity index (χ3v) is 5.80. The first kappa shape index (κ1) is 20.2. The predicted molar refractivity (Wildman–Crippen MR) is 112 cm³/mol. The van der Waals surface area contributed by atoms with E-state index >= 15 is 0 Å². The summed E-state index contributed by atoms with van der Waals surface area (Å²) in [5.74, 6) is 0.243. The fourth-order valence-corrected chi connectivity index (χ4v) is 3.96. The van der Waals surface area contributed by atoms with Gasteiger partial charge in [0.2, 0.25) is 11.5 Å². The highest BCUT2D eigenvalue weighted by Crippen LogP contribution is 2.36. The van der Waals surface area contributed by atoms with Crippen LogP contribution in [0.2, 0.25) is 0 Å². The zero-order valence-electron chi connectivity index (χ0n) is 17.5. The van der Waals surface area contributed by atoms with Crippen LogP contribution < -0.4 is 4.74 Å². The summed E-state index contributed by atoms with van der Waals surface area (Å²) in [6.07, 6.45) is 2.58. The average molecular weight is 406 g/mol. The van der Waals surface area contributed by atoms with Crippen LogP contribution in [0.4, 0.5) is 0 Å². The number of Topliss-reactive ketones (excluding diaryl/α,β-unsaturated/α-hetero) is 1. The summed E-state index contributed by atoms with van der Waals surface area (Å²) >= 11 is 0. The first-order valence-electron chi connectivity index (χ1n) is 10.3. The van der Waals surface area contributed by atoms with Crippen molar-refractivity contribution in [2.45, 2.75) is 52.2 Å². The van der Waals surface area contributed by atoms with E-state index in [0.29, 0.717) is 30.6 Å². The average Bonchev–Trinajstić information content (AvgIpc) is 2.73. The van der Waals surface area contributed by atoms with Gasteiger partial charge in [0.15, 0.2) is 0 Å². The van der Waals surface area contributed by atoms with E-state index < -0.39 is 0 Å². The van der Waals surface area contributed by atoms with Gasteiger partial charge in [-0.2, -0.15) is 0 Å². The normalized spacial score (nSPS) is 23.1. The Morgan fingerprint density at radius 1 is 1.00 bits per heavy atom. The molecule has 1 fully saturated rings. The number of hydrogen-bond donors (Lipinski definition) is 0. The monoisotopic (exact) mass is 406 g/mol. The Morgan fingerprint density at radius 3 is 2.50 bits per heavy atom. The van der Waals surface area contributed by atoms with Gasteiger partial charge in [-0.25, -0.2) is 4.79 Å². The van der Waals surface area contributed by atoms with Gasteiger partial charge in [0.25, 0.3) is 0 Å². The van der Waals surface area contributed by atoms with Crippen molar-refractivity contribution in [2.75, 3.05) is 0 Å². The number of carbonyl (C=O) groups is 2. The number of ketones is 1. The van der Waals surface area contributed by atoms with E-state index in [0.717, 1.165) is 16.7 Å². The number of aryl methyl sites for hydroxylation is 3. The maximum Gasteiger partial charge on any atom is 0.338 e. The van der Waals surface area contributed by atoms with E-state index in [4.69, 9.17) is 14.2 Å². The van der Waals surface area contributed by atoms with Crippen LogP contribution in [0.25, 0.3) is 0 Å². The van der Waals surface area contributed by atoms with Crippen molar-refractivity contribution in [1.29, 1.82) is 0 Å². The fraction of sp³-hybridized carbons (Fsp3) is 0.360. The zero-order valence-corrected chi connectivity index (χ0v) is 17.5. The van der Waals surface area contributed by atoms with Crippen molar-refractivity contribution < 1.29 is 23.8 Å². The third kappa shape index (κ3) is 4.25. The Morgan fingerprint density at radius 2 is 1.73 bits per heavy atom. The number of benzene rings is 2. The van der Waals surface area contributed by atoms with Crippen molar-refractivity contribution in [3.05, 3.63) is 76.7 Å². The van der Waals surface area contributed by atoms with Gasteiger partial charge in [0.05, 0.1) is 11.5 Å². The number of hydrogen-bond acceptors (Lipinski definition) is 5. The number of rotatable bonds is 4. The molecule has 1 saturated carbocycles. The van der Waals surface area contributed by atoms with E-state index in [1.165, 1.54) is 6.26 Å². The molecule has 0 N–H and O–H groups in total. The first-order valence-corrected chi connectivity index (χ1v) is 10.3. The standard InChI is InChI=1S/C25H26O5/c1-15-5-8-18(9-6-15)25(27)29-19-10-11-20-22(13-19)28-14-23(24(20)26)30-21-12-16(2)4-7-17(21)3/h4-9,12,14,19-20,22H,10-11,13H2,1-3H3. The topological polar surface area (TPSA) is 61.8 Å². The quantitative estimate of drug-likeness (QED) is 0.681. The highest BCUT2D eigenvalue weighted by atomic mass is 16.6. The van der Waals surface area contributed by atoms with Crippen molar-refractivity contribution in [3.8, 4) is 5.75 Å². The van der Waals surface area contributed by atoms with Gasteiger partial charge in [0.1, 0.15) is 24.2 Å². The SMILES string of the molecule is Cc1ccc(C(=O)OC2CCC3C(=O)C(Oc4cc(C)ccc4C)=COC3C2)cc1. The number of esters is 1. The molecule has 5 nitrogen and oxygen atoms in total. The van der Waals surface area contributed by atoms with E-state index in [1.54, 1.807) is 12.1 Å². The van der Waals surface area contributed by atoms with Gasteiger partial charge in [-0.15, -0.1) is 0 Å². The van der Waals surface area contributed by atoms with Crippen LogP contribution in [0.1, 0.15) is 46.3 Å². The summed E-state index contributed by atoms with van der Waals surface area (Å²) in [4.78, 5) is 25.4. The Labute approximate surface area is 176 Å². The predicted octanol–water partition coefficient (Wildman–Crippen LogP) is 4.83. The zero-order chi connectivity index (χ0) is 21.3. The van der Waals surface area contributed by atoms with E-state index in [2.05, 4.69) is 0 Å². The second-order valence-electron chi connectivity index (χ2n) is 8.20. The molecule has 4 rings (SSSR count). The summed E-state index contributed by atoms with van der Waals surface area (Å²) in [6, 6.07) is 13.2. The summed E-state index contributed by atoms with van der Waals surface area (Å²) in [7, 11) is 0. The molecule has 0 amide bonds. The molecule has 2 aromatic carbocycles. The van der Waals surface area contributed by atoms with Crippen LogP contribution in [0.3, 0.4) is 0 Å². The molecule has 2 aliphatic rings. The van der Waals surface area contributed by atoms with Crippen LogP contribution in [0.15, 0.2) is 54.5 Å². The van der Waals surface area contributed by atoms with Gasteiger partial charge < -0.3 is 14.2 Å². The largest absolute Gasteiger partial charge is 0.493 e. The van der Waals surface area contributed by atoms with Crippen LogP contribution in [-0.4, -0.2) is 24.0 Å². The lowest BCUT2D eigenvalue weighted by Crippen LogP contribution is -2.43. The molecule has 0 spiro atoms. The van der Waals surface area contributed by atoms with Crippen LogP contribution >= 0.6 is 0 Å². The van der Waals surface area contributed by atoms with Gasteiger partial charge in [-0.1, -0.05) is 29.8 Å². The molecule has 3 unspecified atom stereocenters. The second kappa shape index (κ2) is 8.34. The Bertz CT molecular complexity index is 989. The fourth-order valence-electron chi connectivity index (χ4n) is 3.96. The highest BCUT2D eigenvalue weighted by molar-refractivity contribution is 5.96. The van der Waals surface area contributed by atoms with E-state index in [1.807, 2.05) is 51.1 Å². The lowest BCUT2D eigenvalue weighted by molar-refractivity contribution is -0.132. The molecule has 5 heteroatoms.